The molecule has 0 saturated carbocycles. The highest BCUT2D eigenvalue weighted by molar-refractivity contribution is 6.14. The first-order chi connectivity index (χ1) is 11.3. The number of carbonyl (C=O) groups is 1. The summed E-state index contributed by atoms with van der Waals surface area (Å²) in [5.41, 5.74) is 3.87. The fraction of sp³-hybridized carbons (Fsp3) is 0.278. The van der Waals surface area contributed by atoms with E-state index in [1.165, 1.54) is 12.3 Å². The van der Waals surface area contributed by atoms with E-state index in [1.807, 2.05) is 32.9 Å². The lowest BCUT2D eigenvalue weighted by molar-refractivity contribution is 0.0896. The summed E-state index contributed by atoms with van der Waals surface area (Å²) < 4.78 is 13.1. The molecule has 6 heteroatoms. The van der Waals surface area contributed by atoms with Crippen LogP contribution in [0.1, 0.15) is 43.0 Å². The Hall–Kier alpha value is -2.76. The van der Waals surface area contributed by atoms with Crippen LogP contribution in [0.3, 0.4) is 0 Å². The summed E-state index contributed by atoms with van der Waals surface area (Å²) in [6.45, 7) is 6.01. The molecule has 2 N–H and O–H groups in total. The van der Waals surface area contributed by atoms with Gasteiger partial charge in [0.25, 0.3) is 5.91 Å². The molecular formula is C18H17FN4O. The lowest BCUT2D eigenvalue weighted by Crippen LogP contribution is -2.37. The van der Waals surface area contributed by atoms with Gasteiger partial charge in [-0.2, -0.15) is 5.10 Å². The third-order valence-electron chi connectivity index (χ3n) is 4.30. The maximum absolute atomic E-state index is 13.1. The molecule has 0 aromatic carbocycles. The van der Waals surface area contributed by atoms with E-state index in [4.69, 9.17) is 0 Å². The number of halogens is 1. The van der Waals surface area contributed by atoms with Crippen molar-refractivity contribution in [2.24, 2.45) is 5.41 Å². The summed E-state index contributed by atoms with van der Waals surface area (Å²) in [6.07, 6.45) is 1.17. The topological polar surface area (TPSA) is 70.7 Å². The zero-order valence-corrected chi connectivity index (χ0v) is 13.6. The fourth-order valence-electron chi connectivity index (χ4n) is 2.96. The Bertz CT molecular complexity index is 954. The molecule has 0 radical (unpaired) electrons. The minimum absolute atomic E-state index is 0.242. The molecule has 5 nitrogen and oxygen atoms in total. The van der Waals surface area contributed by atoms with Crippen molar-refractivity contribution in [3.8, 4) is 11.1 Å². The minimum Gasteiger partial charge on any atom is -0.342 e. The highest BCUT2D eigenvalue weighted by Gasteiger charge is 2.31. The molecule has 0 bridgehead atoms. The number of amides is 1. The molecule has 2 aliphatic carbocycles. The van der Waals surface area contributed by atoms with Crippen molar-refractivity contribution in [3.63, 3.8) is 0 Å². The smallest absolute Gasteiger partial charge is 0.270 e. The van der Waals surface area contributed by atoms with Gasteiger partial charge in [-0.3, -0.25) is 14.9 Å². The predicted octanol–water partition coefficient (Wildman–Crippen LogP) is 3.59. The van der Waals surface area contributed by atoms with Crippen LogP contribution < -0.4 is 5.32 Å². The van der Waals surface area contributed by atoms with Crippen LogP contribution in [-0.2, 0) is 0 Å². The monoisotopic (exact) mass is 324 g/mol. The predicted molar refractivity (Wildman–Crippen MR) is 88.9 cm³/mol. The first-order valence-corrected chi connectivity index (χ1v) is 7.79. The van der Waals surface area contributed by atoms with Crippen molar-refractivity contribution in [2.45, 2.75) is 26.8 Å². The van der Waals surface area contributed by atoms with E-state index in [-0.39, 0.29) is 17.4 Å². The zero-order valence-electron chi connectivity index (χ0n) is 13.6. The maximum Gasteiger partial charge on any atom is 0.270 e. The van der Waals surface area contributed by atoms with Gasteiger partial charge in [-0.1, -0.05) is 20.8 Å². The number of aromatic nitrogens is 3. The molecule has 0 saturated heterocycles. The fourth-order valence-corrected chi connectivity index (χ4v) is 2.96. The third-order valence-corrected chi connectivity index (χ3v) is 4.30. The van der Waals surface area contributed by atoms with Crippen molar-refractivity contribution in [1.82, 2.24) is 20.5 Å². The van der Waals surface area contributed by atoms with E-state index >= 15 is 0 Å². The third kappa shape index (κ3) is 2.35. The number of carbonyl (C=O) groups excluding carboxylic acids is 1. The Morgan fingerprint density at radius 3 is 2.75 bits per heavy atom. The van der Waals surface area contributed by atoms with Crippen LogP contribution in [0.5, 0.6) is 0 Å². The number of nitrogens with one attached hydrogen (secondary N) is 2. The Balaban J connectivity index is 1.65. The second-order valence-electron chi connectivity index (χ2n) is 7.19. The van der Waals surface area contributed by atoms with E-state index in [0.717, 1.165) is 22.0 Å². The van der Waals surface area contributed by atoms with Crippen molar-refractivity contribution in [1.29, 1.82) is 0 Å². The first-order valence-electron chi connectivity index (χ1n) is 7.79. The number of nitrogens with zero attached hydrogens (tertiary/aromatic N) is 2. The van der Waals surface area contributed by atoms with E-state index in [9.17, 15) is 9.18 Å². The quantitative estimate of drug-likeness (QED) is 0.605. The summed E-state index contributed by atoms with van der Waals surface area (Å²) in [7, 11) is 0. The van der Waals surface area contributed by atoms with Crippen molar-refractivity contribution in [2.75, 3.05) is 0 Å². The highest BCUT2D eigenvalue weighted by atomic mass is 19.1. The van der Waals surface area contributed by atoms with Crippen LogP contribution in [-0.4, -0.2) is 21.1 Å². The van der Waals surface area contributed by atoms with Gasteiger partial charge in [0.2, 0.25) is 0 Å². The van der Waals surface area contributed by atoms with E-state index < -0.39 is 5.82 Å². The summed E-state index contributed by atoms with van der Waals surface area (Å²) >= 11 is 0. The molecule has 2 aliphatic rings. The van der Waals surface area contributed by atoms with E-state index in [0.29, 0.717) is 11.4 Å². The van der Waals surface area contributed by atoms with Crippen molar-refractivity contribution < 1.29 is 9.18 Å². The van der Waals surface area contributed by atoms with Gasteiger partial charge in [0.05, 0.1) is 17.9 Å². The molecule has 24 heavy (non-hydrogen) atoms. The van der Waals surface area contributed by atoms with Crippen LogP contribution in [0.15, 0.2) is 30.5 Å². The average molecular weight is 324 g/mol. The number of H-pyrrole nitrogens is 1. The van der Waals surface area contributed by atoms with Crippen LogP contribution in [0.4, 0.5) is 4.39 Å². The normalized spacial score (nSPS) is 13.8. The van der Waals surface area contributed by atoms with Gasteiger partial charge in [-0.25, -0.2) is 4.39 Å². The lowest BCUT2D eigenvalue weighted by atomic mass is 9.84. The average Bonchev–Trinajstić information content (AvgIpc) is 3.00. The molecule has 2 heterocycles. The molecule has 1 unspecified atom stereocenters. The molecule has 4 rings (SSSR count). The summed E-state index contributed by atoms with van der Waals surface area (Å²) in [5, 5.41) is 10.9. The Morgan fingerprint density at radius 1 is 1.29 bits per heavy atom. The van der Waals surface area contributed by atoms with Crippen molar-refractivity contribution >= 4 is 16.8 Å². The summed E-state index contributed by atoms with van der Waals surface area (Å²) in [4.78, 5) is 16.9. The zero-order chi connectivity index (χ0) is 17.1. The number of benzene rings is 1. The molecule has 0 aliphatic heterocycles. The van der Waals surface area contributed by atoms with Crippen LogP contribution in [0.2, 0.25) is 0 Å². The van der Waals surface area contributed by atoms with Crippen LogP contribution in [0.25, 0.3) is 22.0 Å². The van der Waals surface area contributed by atoms with Gasteiger partial charge in [0, 0.05) is 10.9 Å². The largest absolute Gasteiger partial charge is 0.342 e. The van der Waals surface area contributed by atoms with Gasteiger partial charge >= 0.3 is 0 Å². The van der Waals surface area contributed by atoms with E-state index in [2.05, 4.69) is 20.5 Å². The Kier molecular flexibility index (Phi) is 3.00. The molecule has 0 spiro atoms. The SMILES string of the molecule is CC(C)(C)C(NC(=O)c1[nH]nc2c3cc-3cc12)c1ccc(F)cn1. The Morgan fingerprint density at radius 2 is 2.08 bits per heavy atom. The molecule has 1 atom stereocenters. The Labute approximate surface area is 138 Å². The van der Waals surface area contributed by atoms with Gasteiger partial charge < -0.3 is 5.32 Å². The van der Waals surface area contributed by atoms with Crippen molar-refractivity contribution in [3.05, 3.63) is 47.7 Å². The maximum atomic E-state index is 13.1. The molecule has 122 valence electrons. The summed E-state index contributed by atoms with van der Waals surface area (Å²) in [5.74, 6) is -0.642. The van der Waals surface area contributed by atoms with Gasteiger partial charge in [-0.05, 0) is 35.2 Å². The molecular weight excluding hydrogens is 307 g/mol. The van der Waals surface area contributed by atoms with Crippen LogP contribution >= 0.6 is 0 Å². The first kappa shape index (κ1) is 14.8. The number of hydrogen-bond acceptors (Lipinski definition) is 3. The van der Waals surface area contributed by atoms with Gasteiger partial charge in [0.15, 0.2) is 0 Å². The standard InChI is InChI=1S/C18H17FN4O/c1-18(2,3)16(13-5-4-10(19)8-20-13)21-17(24)15-12-7-9-6-11(9)14(12)22-23-15/h4-8,16H,1-3H3,(H,21,24)(H,22,23). The van der Waals surface area contributed by atoms with Crippen LogP contribution in [0, 0.1) is 11.2 Å². The van der Waals surface area contributed by atoms with Gasteiger partial charge in [-0.15, -0.1) is 0 Å². The highest BCUT2D eigenvalue weighted by Crippen LogP contribution is 2.43. The molecule has 2 aromatic heterocycles. The second kappa shape index (κ2) is 4.87. The lowest BCUT2D eigenvalue weighted by Gasteiger charge is -2.30. The number of hydrogen-bond donors (Lipinski definition) is 2. The molecule has 1 amide bonds. The molecule has 0 fully saturated rings. The van der Waals surface area contributed by atoms with E-state index in [1.54, 1.807) is 6.07 Å². The molecule has 2 aromatic rings. The number of pyridine rings is 1. The number of fused-ring (bicyclic) bond motifs is 3. The number of rotatable bonds is 3. The van der Waals surface area contributed by atoms with Gasteiger partial charge in [0.1, 0.15) is 17.0 Å². The second-order valence-corrected chi connectivity index (χ2v) is 7.19. The summed E-state index contributed by atoms with van der Waals surface area (Å²) in [6, 6.07) is 6.60. The minimum atomic E-state index is -0.400. The number of aromatic amines is 1.